The van der Waals surface area contributed by atoms with E-state index in [0.29, 0.717) is 32.1 Å². The number of rotatable bonds is 9. The Hall–Kier alpha value is -2.12. The number of esters is 1. The second kappa shape index (κ2) is 12.6. The number of benzene rings is 1. The minimum Gasteiger partial charge on any atom is -0.461 e. The maximum Gasteiger partial charge on any atom is 0.410 e. The highest BCUT2D eigenvalue weighted by atomic mass is 16.6. The Balaban J connectivity index is 1.60. The molecule has 0 N–H and O–H groups in total. The van der Waals surface area contributed by atoms with E-state index in [4.69, 9.17) is 14.2 Å². The van der Waals surface area contributed by atoms with E-state index in [1.54, 1.807) is 0 Å². The lowest BCUT2D eigenvalue weighted by atomic mass is 9.83. The van der Waals surface area contributed by atoms with Crippen molar-refractivity contribution in [2.45, 2.75) is 111 Å². The molecule has 7 heteroatoms. The summed E-state index contributed by atoms with van der Waals surface area (Å²) >= 11 is 0. The normalized spacial score (nSPS) is 24.2. The summed E-state index contributed by atoms with van der Waals surface area (Å²) < 4.78 is 17.5. The van der Waals surface area contributed by atoms with Crippen LogP contribution in [0, 0.1) is 11.8 Å². The molecule has 1 saturated carbocycles. The molecule has 1 atom stereocenters. The number of carbonyl (C=O) groups excluding carboxylic acids is 2. The van der Waals surface area contributed by atoms with Crippen LogP contribution >= 0.6 is 0 Å². The van der Waals surface area contributed by atoms with E-state index in [2.05, 4.69) is 32.6 Å². The molecule has 208 valence electrons. The lowest BCUT2D eigenvalue weighted by Crippen LogP contribution is -2.54. The first-order valence-electron chi connectivity index (χ1n) is 13.9. The van der Waals surface area contributed by atoms with Crippen LogP contribution in [0.5, 0.6) is 0 Å². The molecular formula is C30H48N2O5. The van der Waals surface area contributed by atoms with Crippen LogP contribution in [0.2, 0.25) is 0 Å². The Morgan fingerprint density at radius 3 is 2.35 bits per heavy atom. The lowest BCUT2D eigenvalue weighted by molar-refractivity contribution is -0.146. The van der Waals surface area contributed by atoms with Gasteiger partial charge in [0.2, 0.25) is 0 Å². The van der Waals surface area contributed by atoms with Crippen molar-refractivity contribution in [2.24, 2.45) is 11.8 Å². The van der Waals surface area contributed by atoms with E-state index in [1.165, 1.54) is 0 Å². The zero-order valence-corrected chi connectivity index (χ0v) is 24.0. The van der Waals surface area contributed by atoms with E-state index < -0.39 is 5.60 Å². The first-order valence-corrected chi connectivity index (χ1v) is 13.9. The third-order valence-electron chi connectivity index (χ3n) is 7.31. The van der Waals surface area contributed by atoms with Gasteiger partial charge in [0.05, 0.1) is 12.6 Å². The summed E-state index contributed by atoms with van der Waals surface area (Å²) in [5, 5.41) is 0. The van der Waals surface area contributed by atoms with Crippen molar-refractivity contribution in [1.82, 2.24) is 9.80 Å². The van der Waals surface area contributed by atoms with Gasteiger partial charge in [-0.15, -0.1) is 0 Å². The van der Waals surface area contributed by atoms with E-state index in [-0.39, 0.29) is 35.8 Å². The minimum atomic E-state index is -0.557. The van der Waals surface area contributed by atoms with Gasteiger partial charge in [-0.3, -0.25) is 9.69 Å². The summed E-state index contributed by atoms with van der Waals surface area (Å²) in [6, 6.07) is 9.98. The minimum absolute atomic E-state index is 0.0936. The number of hydrogen-bond acceptors (Lipinski definition) is 6. The van der Waals surface area contributed by atoms with Gasteiger partial charge in [0, 0.05) is 25.6 Å². The monoisotopic (exact) mass is 516 g/mol. The van der Waals surface area contributed by atoms with Crippen molar-refractivity contribution in [3.05, 3.63) is 35.9 Å². The zero-order chi connectivity index (χ0) is 27.2. The molecule has 1 heterocycles. The van der Waals surface area contributed by atoms with Crippen LogP contribution < -0.4 is 0 Å². The fourth-order valence-corrected chi connectivity index (χ4v) is 5.44. The molecule has 3 rings (SSSR count). The van der Waals surface area contributed by atoms with Crippen LogP contribution in [0.15, 0.2) is 30.3 Å². The maximum atomic E-state index is 13.4. The van der Waals surface area contributed by atoms with Gasteiger partial charge in [0.1, 0.15) is 17.9 Å². The molecule has 0 bridgehead atoms. The van der Waals surface area contributed by atoms with Crippen molar-refractivity contribution >= 4 is 12.1 Å². The van der Waals surface area contributed by atoms with E-state index >= 15 is 0 Å². The average molecular weight is 517 g/mol. The highest BCUT2D eigenvalue weighted by Gasteiger charge is 2.43. The molecule has 1 saturated heterocycles. The van der Waals surface area contributed by atoms with Crippen molar-refractivity contribution < 1.29 is 23.8 Å². The first kappa shape index (κ1) is 29.4. The van der Waals surface area contributed by atoms with Crippen LogP contribution in [0.4, 0.5) is 4.79 Å². The molecule has 0 aromatic heterocycles. The molecule has 1 aliphatic carbocycles. The number of amides is 1. The fourth-order valence-electron chi connectivity index (χ4n) is 5.44. The Morgan fingerprint density at radius 1 is 1.11 bits per heavy atom. The summed E-state index contributed by atoms with van der Waals surface area (Å²) in [6.07, 6.45) is 3.68. The average Bonchev–Trinajstić information content (AvgIpc) is 3.09. The predicted molar refractivity (Wildman–Crippen MR) is 145 cm³/mol. The summed E-state index contributed by atoms with van der Waals surface area (Å²) in [7, 11) is 0. The standard InChI is InChI=1S/C30H48N2O5/c1-22(2)18-32-26(21-36-30(32,6)7)19-31(28(34)37-29(3,4)5)25-15-13-23(14-16-25)17-27(33)35-20-24-11-9-8-10-12-24/h8-12,22-23,25-26H,13-21H2,1-7H3. The predicted octanol–water partition coefficient (Wildman–Crippen LogP) is 6.01. The Kier molecular flexibility index (Phi) is 10.0. The summed E-state index contributed by atoms with van der Waals surface area (Å²) in [5.74, 6) is 0.632. The molecule has 2 fully saturated rings. The molecule has 1 amide bonds. The number of ether oxygens (including phenoxy) is 3. The van der Waals surface area contributed by atoms with E-state index in [1.807, 2.05) is 56.0 Å². The Labute approximate surface area is 223 Å². The molecular weight excluding hydrogens is 468 g/mol. The topological polar surface area (TPSA) is 68.3 Å². The van der Waals surface area contributed by atoms with E-state index in [0.717, 1.165) is 37.8 Å². The summed E-state index contributed by atoms with van der Waals surface area (Å²) in [6.45, 7) is 16.8. The zero-order valence-electron chi connectivity index (χ0n) is 24.0. The van der Waals surface area contributed by atoms with Crippen molar-refractivity contribution in [3.63, 3.8) is 0 Å². The third-order valence-corrected chi connectivity index (χ3v) is 7.31. The third kappa shape index (κ3) is 8.99. The molecule has 0 radical (unpaired) electrons. The van der Waals surface area contributed by atoms with Crippen LogP contribution in [0.25, 0.3) is 0 Å². The van der Waals surface area contributed by atoms with Gasteiger partial charge >= 0.3 is 12.1 Å². The summed E-state index contributed by atoms with van der Waals surface area (Å²) in [5.41, 5.74) is 0.0860. The van der Waals surface area contributed by atoms with Gasteiger partial charge in [-0.2, -0.15) is 0 Å². The number of nitrogens with zero attached hydrogens (tertiary/aromatic N) is 2. The molecule has 37 heavy (non-hydrogen) atoms. The molecule has 1 aliphatic heterocycles. The summed E-state index contributed by atoms with van der Waals surface area (Å²) in [4.78, 5) is 30.2. The smallest absolute Gasteiger partial charge is 0.410 e. The van der Waals surface area contributed by atoms with Gasteiger partial charge in [0.15, 0.2) is 0 Å². The van der Waals surface area contributed by atoms with Gasteiger partial charge < -0.3 is 19.1 Å². The van der Waals surface area contributed by atoms with Gasteiger partial charge in [-0.05, 0) is 77.7 Å². The lowest BCUT2D eigenvalue weighted by Gasteiger charge is -2.41. The second-order valence-corrected chi connectivity index (χ2v) is 12.6. The maximum absolute atomic E-state index is 13.4. The van der Waals surface area contributed by atoms with Crippen molar-refractivity contribution in [3.8, 4) is 0 Å². The SMILES string of the molecule is CC(C)CN1C(CN(C(=O)OC(C)(C)C)C2CCC(CC(=O)OCc3ccccc3)CC2)COC1(C)C. The Morgan fingerprint density at radius 2 is 1.76 bits per heavy atom. The molecule has 0 spiro atoms. The molecule has 2 aliphatic rings. The van der Waals surface area contributed by atoms with Gasteiger partial charge in [-0.25, -0.2) is 4.79 Å². The highest BCUT2D eigenvalue weighted by molar-refractivity contribution is 5.70. The second-order valence-electron chi connectivity index (χ2n) is 12.6. The molecule has 1 unspecified atom stereocenters. The number of carbonyl (C=O) groups is 2. The largest absolute Gasteiger partial charge is 0.461 e. The number of hydrogen-bond donors (Lipinski definition) is 0. The molecule has 1 aromatic rings. The van der Waals surface area contributed by atoms with Crippen LogP contribution in [-0.2, 0) is 25.6 Å². The molecule has 7 nitrogen and oxygen atoms in total. The van der Waals surface area contributed by atoms with Crippen molar-refractivity contribution in [2.75, 3.05) is 19.7 Å². The highest BCUT2D eigenvalue weighted by Crippen LogP contribution is 2.34. The van der Waals surface area contributed by atoms with Crippen LogP contribution in [-0.4, -0.2) is 65.0 Å². The fraction of sp³-hybridized carbons (Fsp3) is 0.733. The van der Waals surface area contributed by atoms with Crippen LogP contribution in [0.1, 0.15) is 86.1 Å². The van der Waals surface area contributed by atoms with Gasteiger partial charge in [-0.1, -0.05) is 44.2 Å². The molecule has 1 aromatic carbocycles. The van der Waals surface area contributed by atoms with Crippen molar-refractivity contribution in [1.29, 1.82) is 0 Å². The Bertz CT molecular complexity index is 872. The van der Waals surface area contributed by atoms with Gasteiger partial charge in [0.25, 0.3) is 0 Å². The first-order chi connectivity index (χ1) is 17.3. The quantitative estimate of drug-likeness (QED) is 0.375. The van der Waals surface area contributed by atoms with Crippen LogP contribution in [0.3, 0.4) is 0 Å². The van der Waals surface area contributed by atoms with E-state index in [9.17, 15) is 9.59 Å².